The van der Waals surface area contributed by atoms with Gasteiger partial charge in [0.1, 0.15) is 0 Å². The van der Waals surface area contributed by atoms with Crippen molar-refractivity contribution >= 4 is 17.6 Å². The zero-order valence-electron chi connectivity index (χ0n) is 14.2. The Morgan fingerprint density at radius 1 is 1.31 bits per heavy atom. The lowest BCUT2D eigenvalue weighted by molar-refractivity contribution is -0.137. The van der Waals surface area contributed by atoms with Gasteiger partial charge in [-0.05, 0) is 31.5 Å². The summed E-state index contributed by atoms with van der Waals surface area (Å²) in [6.07, 6.45) is -4.36. The van der Waals surface area contributed by atoms with Crippen LogP contribution >= 0.6 is 0 Å². The number of para-hydroxylation sites is 1. The molecular weight excluding hydrogens is 351 g/mol. The number of carbonyl (C=O) groups excluding carboxylic acids is 2. The van der Waals surface area contributed by atoms with Gasteiger partial charge < -0.3 is 10.1 Å². The topological polar surface area (TPSA) is 84.1 Å². The highest BCUT2D eigenvalue weighted by Crippen LogP contribution is 2.34. The van der Waals surface area contributed by atoms with Gasteiger partial charge >= 0.3 is 12.1 Å². The van der Waals surface area contributed by atoms with Crippen molar-refractivity contribution in [1.29, 1.82) is 0 Å². The van der Waals surface area contributed by atoms with E-state index in [4.69, 9.17) is 4.74 Å². The number of amides is 1. The van der Waals surface area contributed by atoms with E-state index >= 15 is 0 Å². The molecule has 1 unspecified atom stereocenters. The first-order valence-electron chi connectivity index (χ1n) is 7.94. The van der Waals surface area contributed by atoms with Crippen molar-refractivity contribution in [3.05, 3.63) is 47.3 Å². The van der Waals surface area contributed by atoms with Crippen molar-refractivity contribution < 1.29 is 27.5 Å². The molecule has 1 aromatic heterocycles. The Bertz CT molecular complexity index is 787. The number of benzene rings is 1. The molecule has 1 aromatic carbocycles. The van der Waals surface area contributed by atoms with Crippen molar-refractivity contribution in [3.8, 4) is 0 Å². The number of aromatic nitrogens is 2. The average Bonchev–Trinajstić information content (AvgIpc) is 3.03. The number of aryl methyl sites for hydroxylation is 1. The molecule has 0 spiro atoms. The van der Waals surface area contributed by atoms with E-state index in [0.29, 0.717) is 6.42 Å². The van der Waals surface area contributed by atoms with Gasteiger partial charge in [0.2, 0.25) is 0 Å². The number of H-pyrrole nitrogens is 1. The third-order valence-corrected chi connectivity index (χ3v) is 3.50. The number of aromatic amines is 1. The molecule has 0 aliphatic rings. The fraction of sp³-hybridized carbons (Fsp3) is 0.353. The fourth-order valence-corrected chi connectivity index (χ4v) is 2.21. The van der Waals surface area contributed by atoms with Gasteiger partial charge in [-0.1, -0.05) is 25.5 Å². The number of halogens is 3. The maximum Gasteiger partial charge on any atom is 0.418 e. The molecule has 2 aromatic rings. The van der Waals surface area contributed by atoms with Gasteiger partial charge in [-0.2, -0.15) is 18.3 Å². The van der Waals surface area contributed by atoms with Crippen LogP contribution in [-0.2, 0) is 22.1 Å². The van der Waals surface area contributed by atoms with E-state index in [1.807, 2.05) is 6.92 Å². The first-order chi connectivity index (χ1) is 12.2. The number of carbonyl (C=O) groups is 2. The molecule has 1 amide bonds. The summed E-state index contributed by atoms with van der Waals surface area (Å²) < 4.78 is 43.8. The van der Waals surface area contributed by atoms with Crippen molar-refractivity contribution in [2.75, 3.05) is 5.32 Å². The van der Waals surface area contributed by atoms with Crippen LogP contribution in [0.1, 0.15) is 42.0 Å². The summed E-state index contributed by atoms with van der Waals surface area (Å²) in [6.45, 7) is 3.23. The average molecular weight is 369 g/mol. The number of anilines is 1. The summed E-state index contributed by atoms with van der Waals surface area (Å²) in [6, 6.07) is 6.06. The first-order valence-corrected chi connectivity index (χ1v) is 7.94. The van der Waals surface area contributed by atoms with E-state index in [9.17, 15) is 22.8 Å². The maximum atomic E-state index is 12.9. The van der Waals surface area contributed by atoms with Gasteiger partial charge in [-0.15, -0.1) is 0 Å². The highest BCUT2D eigenvalue weighted by Gasteiger charge is 2.34. The summed E-state index contributed by atoms with van der Waals surface area (Å²) in [7, 11) is 0. The molecule has 0 saturated carbocycles. The van der Waals surface area contributed by atoms with Gasteiger partial charge in [0.25, 0.3) is 5.91 Å². The Morgan fingerprint density at radius 3 is 2.65 bits per heavy atom. The van der Waals surface area contributed by atoms with E-state index in [1.165, 1.54) is 25.1 Å². The summed E-state index contributed by atoms with van der Waals surface area (Å²) in [4.78, 5) is 24.1. The highest BCUT2D eigenvalue weighted by molar-refractivity contribution is 5.97. The van der Waals surface area contributed by atoms with Crippen LogP contribution in [0.5, 0.6) is 0 Å². The predicted octanol–water partition coefficient (Wildman–Crippen LogP) is 3.57. The SMILES string of the molecule is CCCc1cc(C(=O)OC(C)C(=O)Nc2ccccc2C(F)(F)F)n[nH]1. The lowest BCUT2D eigenvalue weighted by Crippen LogP contribution is -2.30. The number of alkyl halides is 3. The molecule has 6 nitrogen and oxygen atoms in total. The zero-order valence-corrected chi connectivity index (χ0v) is 14.2. The maximum absolute atomic E-state index is 12.9. The molecule has 0 saturated heterocycles. The van der Waals surface area contributed by atoms with Crippen LogP contribution in [0.15, 0.2) is 30.3 Å². The number of hydrogen-bond acceptors (Lipinski definition) is 4. The number of ether oxygens (including phenoxy) is 1. The third kappa shape index (κ3) is 4.84. The molecule has 26 heavy (non-hydrogen) atoms. The summed E-state index contributed by atoms with van der Waals surface area (Å²) in [5.74, 6) is -1.71. The van der Waals surface area contributed by atoms with Crippen molar-refractivity contribution in [3.63, 3.8) is 0 Å². The molecule has 2 N–H and O–H groups in total. The summed E-state index contributed by atoms with van der Waals surface area (Å²) in [5, 5.41) is 8.61. The number of nitrogens with one attached hydrogen (secondary N) is 2. The second kappa shape index (κ2) is 8.03. The van der Waals surface area contributed by atoms with E-state index in [1.54, 1.807) is 0 Å². The predicted molar refractivity (Wildman–Crippen MR) is 87.5 cm³/mol. The Labute approximate surface area is 147 Å². The van der Waals surface area contributed by atoms with Crippen LogP contribution in [0, 0.1) is 0 Å². The van der Waals surface area contributed by atoms with Crippen molar-refractivity contribution in [2.24, 2.45) is 0 Å². The van der Waals surface area contributed by atoms with E-state index in [2.05, 4.69) is 15.5 Å². The van der Waals surface area contributed by atoms with Crippen LogP contribution in [-0.4, -0.2) is 28.2 Å². The van der Waals surface area contributed by atoms with Crippen LogP contribution < -0.4 is 5.32 Å². The van der Waals surface area contributed by atoms with E-state index in [0.717, 1.165) is 24.2 Å². The Hall–Kier alpha value is -2.84. The zero-order chi connectivity index (χ0) is 19.3. The molecule has 0 aliphatic carbocycles. The number of hydrogen-bond donors (Lipinski definition) is 2. The molecular formula is C17H18F3N3O3. The summed E-state index contributed by atoms with van der Waals surface area (Å²) >= 11 is 0. The lowest BCUT2D eigenvalue weighted by Gasteiger charge is -2.16. The fourth-order valence-electron chi connectivity index (χ4n) is 2.21. The molecule has 0 fully saturated rings. The van der Waals surface area contributed by atoms with Gasteiger partial charge in [-0.25, -0.2) is 4.79 Å². The lowest BCUT2D eigenvalue weighted by atomic mass is 10.1. The first kappa shape index (κ1) is 19.5. The monoisotopic (exact) mass is 369 g/mol. The highest BCUT2D eigenvalue weighted by atomic mass is 19.4. The third-order valence-electron chi connectivity index (χ3n) is 3.50. The van der Waals surface area contributed by atoms with Crippen LogP contribution in [0.4, 0.5) is 18.9 Å². The van der Waals surface area contributed by atoms with Gasteiger partial charge in [-0.3, -0.25) is 9.89 Å². The molecule has 1 heterocycles. The Balaban J connectivity index is 2.03. The molecule has 140 valence electrons. The number of esters is 1. The van der Waals surface area contributed by atoms with E-state index in [-0.39, 0.29) is 5.69 Å². The molecule has 1 atom stereocenters. The second-order valence-electron chi connectivity index (χ2n) is 5.61. The minimum Gasteiger partial charge on any atom is -0.448 e. The standard InChI is InChI=1S/C17H18F3N3O3/c1-3-6-11-9-14(23-22-11)16(25)26-10(2)15(24)21-13-8-5-4-7-12(13)17(18,19)20/h4-5,7-10H,3,6H2,1-2H3,(H,21,24)(H,22,23). The molecule has 0 aliphatic heterocycles. The second-order valence-corrected chi connectivity index (χ2v) is 5.61. The molecule has 9 heteroatoms. The normalized spacial score (nSPS) is 12.5. The van der Waals surface area contributed by atoms with Crippen LogP contribution in [0.2, 0.25) is 0 Å². The minimum atomic E-state index is -4.62. The quantitative estimate of drug-likeness (QED) is 0.763. The van der Waals surface area contributed by atoms with E-state index < -0.39 is 35.4 Å². The number of nitrogens with zero attached hydrogens (tertiary/aromatic N) is 1. The smallest absolute Gasteiger partial charge is 0.418 e. The van der Waals surface area contributed by atoms with Crippen LogP contribution in [0.25, 0.3) is 0 Å². The number of rotatable bonds is 6. The van der Waals surface area contributed by atoms with Gasteiger partial charge in [0.05, 0.1) is 11.3 Å². The van der Waals surface area contributed by atoms with Crippen LogP contribution in [0.3, 0.4) is 0 Å². The minimum absolute atomic E-state index is 0.00351. The van der Waals surface area contributed by atoms with Gasteiger partial charge in [0.15, 0.2) is 11.8 Å². The largest absolute Gasteiger partial charge is 0.448 e. The van der Waals surface area contributed by atoms with Gasteiger partial charge in [0, 0.05) is 5.69 Å². The molecule has 0 radical (unpaired) electrons. The Morgan fingerprint density at radius 2 is 2.00 bits per heavy atom. The summed E-state index contributed by atoms with van der Waals surface area (Å²) in [5.41, 5.74) is -0.638. The van der Waals surface area contributed by atoms with Crippen molar-refractivity contribution in [2.45, 2.75) is 39.0 Å². The molecule has 2 rings (SSSR count). The Kier molecular flexibility index (Phi) is 6.01. The molecule has 0 bridgehead atoms. The van der Waals surface area contributed by atoms with Crippen molar-refractivity contribution in [1.82, 2.24) is 10.2 Å².